The molecule has 2 N–H and O–H groups in total. The average molecular weight is 434 g/mol. The van der Waals surface area contributed by atoms with E-state index < -0.39 is 0 Å². The smallest absolute Gasteiger partial charge is 0.234 e. The highest BCUT2D eigenvalue weighted by atomic mass is 32.2. The Morgan fingerprint density at radius 3 is 2.77 bits per heavy atom. The monoisotopic (exact) mass is 434 g/mol. The molecule has 0 bridgehead atoms. The predicted molar refractivity (Wildman–Crippen MR) is 117 cm³/mol. The number of oxime groups is 1. The number of fused-ring (bicyclic) bond motifs is 2. The summed E-state index contributed by atoms with van der Waals surface area (Å²) >= 11 is 1.18. The minimum Gasteiger partial charge on any atom is -0.486 e. The number of thioether (sulfide) groups is 1. The van der Waals surface area contributed by atoms with Crippen LogP contribution in [0.25, 0.3) is 10.9 Å². The van der Waals surface area contributed by atoms with Gasteiger partial charge in [-0.25, -0.2) is 4.98 Å². The molecule has 156 valence electrons. The van der Waals surface area contributed by atoms with Crippen molar-refractivity contribution in [3.05, 3.63) is 53.6 Å². The molecular formula is C22H18N4O4S. The summed E-state index contributed by atoms with van der Waals surface area (Å²) in [7, 11) is 0. The Morgan fingerprint density at radius 1 is 1.26 bits per heavy atom. The van der Waals surface area contributed by atoms with Crippen LogP contribution in [0.1, 0.15) is 18.1 Å². The first-order valence-corrected chi connectivity index (χ1v) is 10.4. The molecule has 0 saturated carbocycles. The SMILES string of the molecule is C/C(=N/O)c1cccc(NC(=O)CSc2nc3cc4c(cc3cc2C#N)OCCO4)c1. The van der Waals surface area contributed by atoms with Crippen LogP contribution >= 0.6 is 11.8 Å². The van der Waals surface area contributed by atoms with Crippen LogP contribution in [0.15, 0.2) is 52.6 Å². The Kier molecular flexibility index (Phi) is 5.91. The minimum atomic E-state index is -0.242. The van der Waals surface area contributed by atoms with Gasteiger partial charge in [-0.1, -0.05) is 29.1 Å². The maximum absolute atomic E-state index is 12.4. The number of rotatable bonds is 5. The number of nitrogens with zero attached hydrogens (tertiary/aromatic N) is 3. The van der Waals surface area contributed by atoms with Gasteiger partial charge >= 0.3 is 0 Å². The standard InChI is InChI=1S/C22H18N4O4S/c1-13(26-28)14-3-2-4-17(8-14)24-21(27)12-31-22-16(11-23)7-15-9-19-20(10-18(15)25-22)30-6-5-29-19/h2-4,7-10,28H,5-6,12H2,1H3,(H,24,27)/b26-13-. The van der Waals surface area contributed by atoms with E-state index in [-0.39, 0.29) is 11.7 Å². The van der Waals surface area contributed by atoms with Gasteiger partial charge in [0.15, 0.2) is 11.5 Å². The Morgan fingerprint density at radius 2 is 2.03 bits per heavy atom. The van der Waals surface area contributed by atoms with Crippen molar-refractivity contribution in [2.45, 2.75) is 11.9 Å². The van der Waals surface area contributed by atoms with E-state index in [1.165, 1.54) is 11.8 Å². The lowest BCUT2D eigenvalue weighted by atomic mass is 10.1. The molecular weight excluding hydrogens is 416 g/mol. The number of benzene rings is 2. The number of aromatic nitrogens is 1. The van der Waals surface area contributed by atoms with Gasteiger partial charge in [-0.05, 0) is 31.2 Å². The lowest BCUT2D eigenvalue weighted by molar-refractivity contribution is -0.113. The van der Waals surface area contributed by atoms with E-state index in [2.05, 4.69) is 21.5 Å². The summed E-state index contributed by atoms with van der Waals surface area (Å²) in [6.07, 6.45) is 0. The van der Waals surface area contributed by atoms with E-state index in [1.54, 1.807) is 43.3 Å². The molecule has 0 aliphatic carbocycles. The van der Waals surface area contributed by atoms with Crippen LogP contribution in [0.3, 0.4) is 0 Å². The van der Waals surface area contributed by atoms with Crippen LogP contribution in [0.2, 0.25) is 0 Å². The summed E-state index contributed by atoms with van der Waals surface area (Å²) in [4.78, 5) is 17.0. The zero-order valence-electron chi connectivity index (χ0n) is 16.6. The van der Waals surface area contributed by atoms with E-state index >= 15 is 0 Å². The van der Waals surface area contributed by atoms with Crippen molar-refractivity contribution in [2.75, 3.05) is 24.3 Å². The molecule has 1 aromatic heterocycles. The third-order valence-electron chi connectivity index (χ3n) is 4.62. The van der Waals surface area contributed by atoms with E-state index in [1.807, 2.05) is 6.07 Å². The highest BCUT2D eigenvalue weighted by Crippen LogP contribution is 2.35. The van der Waals surface area contributed by atoms with E-state index in [9.17, 15) is 10.1 Å². The topological polar surface area (TPSA) is 117 Å². The first kappa shape index (κ1) is 20.5. The highest BCUT2D eigenvalue weighted by molar-refractivity contribution is 8.00. The number of hydrogen-bond acceptors (Lipinski definition) is 8. The summed E-state index contributed by atoms with van der Waals surface area (Å²) in [6, 6.07) is 14.5. The number of pyridine rings is 1. The Balaban J connectivity index is 1.50. The van der Waals surface area contributed by atoms with Crippen molar-refractivity contribution >= 4 is 40.0 Å². The highest BCUT2D eigenvalue weighted by Gasteiger charge is 2.16. The summed E-state index contributed by atoms with van der Waals surface area (Å²) < 4.78 is 11.2. The number of carbonyl (C=O) groups is 1. The van der Waals surface area contributed by atoms with E-state index in [0.717, 1.165) is 5.39 Å². The minimum absolute atomic E-state index is 0.0784. The molecule has 1 aliphatic heterocycles. The molecule has 2 heterocycles. The second-order valence-corrected chi connectivity index (χ2v) is 7.71. The third-order valence-corrected chi connectivity index (χ3v) is 5.61. The number of ether oxygens (including phenoxy) is 2. The van der Waals surface area contributed by atoms with Crippen LogP contribution in [-0.2, 0) is 4.79 Å². The number of nitrogens with one attached hydrogen (secondary N) is 1. The maximum Gasteiger partial charge on any atom is 0.234 e. The van der Waals surface area contributed by atoms with Gasteiger partial charge in [-0.3, -0.25) is 4.79 Å². The second-order valence-electron chi connectivity index (χ2n) is 6.74. The predicted octanol–water partition coefficient (Wildman–Crippen LogP) is 3.81. The van der Waals surface area contributed by atoms with Crippen LogP contribution in [0.5, 0.6) is 11.5 Å². The number of nitriles is 1. The summed E-state index contributed by atoms with van der Waals surface area (Å²) in [5, 5.41) is 25.7. The van der Waals surface area contributed by atoms with Crippen molar-refractivity contribution < 1.29 is 19.5 Å². The van der Waals surface area contributed by atoms with Crippen molar-refractivity contribution in [2.24, 2.45) is 5.16 Å². The third kappa shape index (κ3) is 4.54. The quantitative estimate of drug-likeness (QED) is 0.271. The zero-order valence-corrected chi connectivity index (χ0v) is 17.4. The molecule has 0 radical (unpaired) electrons. The summed E-state index contributed by atoms with van der Waals surface area (Å²) in [5.74, 6) is 1.09. The molecule has 1 aliphatic rings. The molecule has 9 heteroatoms. The zero-order chi connectivity index (χ0) is 21.8. The molecule has 0 atom stereocenters. The summed E-state index contributed by atoms with van der Waals surface area (Å²) in [6.45, 7) is 2.62. The molecule has 31 heavy (non-hydrogen) atoms. The second kappa shape index (κ2) is 8.93. The van der Waals surface area contributed by atoms with Gasteiger partial charge < -0.3 is 20.0 Å². The molecule has 1 amide bonds. The summed E-state index contributed by atoms with van der Waals surface area (Å²) in [5.41, 5.74) is 2.78. The van der Waals surface area contributed by atoms with Gasteiger partial charge in [0.1, 0.15) is 24.3 Å². The first-order valence-electron chi connectivity index (χ1n) is 9.43. The van der Waals surface area contributed by atoms with E-state index in [4.69, 9.17) is 14.7 Å². The number of carbonyl (C=O) groups excluding carboxylic acids is 1. The molecule has 3 aromatic rings. The molecule has 2 aromatic carbocycles. The number of anilines is 1. The fraction of sp³-hybridized carbons (Fsp3) is 0.182. The normalized spacial score (nSPS) is 13.0. The Hall–Kier alpha value is -3.77. The molecule has 0 saturated heterocycles. The van der Waals surface area contributed by atoms with Gasteiger partial charge in [0.2, 0.25) is 5.91 Å². The molecule has 4 rings (SSSR count). The van der Waals surface area contributed by atoms with Gasteiger partial charge in [-0.2, -0.15) is 5.26 Å². The van der Waals surface area contributed by atoms with Crippen molar-refractivity contribution in [1.82, 2.24) is 4.98 Å². The van der Waals surface area contributed by atoms with Crippen LogP contribution in [-0.4, -0.2) is 40.8 Å². The number of hydrogen-bond donors (Lipinski definition) is 2. The average Bonchev–Trinajstić information content (AvgIpc) is 2.80. The van der Waals surface area contributed by atoms with Crippen molar-refractivity contribution in [3.63, 3.8) is 0 Å². The largest absolute Gasteiger partial charge is 0.486 e. The van der Waals surface area contributed by atoms with Gasteiger partial charge in [0.05, 0.1) is 22.5 Å². The van der Waals surface area contributed by atoms with Gasteiger partial charge in [0.25, 0.3) is 0 Å². The molecule has 8 nitrogen and oxygen atoms in total. The van der Waals surface area contributed by atoms with Gasteiger partial charge in [0, 0.05) is 22.7 Å². The lowest BCUT2D eigenvalue weighted by Gasteiger charge is -2.18. The lowest BCUT2D eigenvalue weighted by Crippen LogP contribution is -2.15. The first-order chi connectivity index (χ1) is 15.1. The molecule has 0 fully saturated rings. The fourth-order valence-electron chi connectivity index (χ4n) is 3.09. The Bertz CT molecular complexity index is 1240. The van der Waals surface area contributed by atoms with E-state index in [0.29, 0.717) is 57.8 Å². The van der Waals surface area contributed by atoms with Crippen LogP contribution in [0, 0.1) is 11.3 Å². The number of amides is 1. The van der Waals surface area contributed by atoms with Crippen molar-refractivity contribution in [1.29, 1.82) is 5.26 Å². The molecule has 0 unspecified atom stereocenters. The van der Waals surface area contributed by atoms with Gasteiger partial charge in [-0.15, -0.1) is 0 Å². The fourth-order valence-corrected chi connectivity index (χ4v) is 3.86. The molecule has 0 spiro atoms. The van der Waals surface area contributed by atoms with Crippen LogP contribution in [0.4, 0.5) is 5.69 Å². The Labute approximate surface area is 182 Å². The van der Waals surface area contributed by atoms with Crippen molar-refractivity contribution in [3.8, 4) is 17.6 Å². The maximum atomic E-state index is 12.4. The van der Waals surface area contributed by atoms with Crippen LogP contribution < -0.4 is 14.8 Å².